The molecule has 1 aromatic carbocycles. The molecule has 0 fully saturated rings. The molecule has 0 spiro atoms. The number of rotatable bonds is 2. The Morgan fingerprint density at radius 2 is 2.00 bits per heavy atom. The van der Waals surface area contributed by atoms with Gasteiger partial charge in [0.25, 0.3) is 5.91 Å². The van der Waals surface area contributed by atoms with Crippen molar-refractivity contribution >= 4 is 11.7 Å². The predicted octanol–water partition coefficient (Wildman–Crippen LogP) is 0.848. The quantitative estimate of drug-likeness (QED) is 0.417. The van der Waals surface area contributed by atoms with Crippen molar-refractivity contribution in [1.82, 2.24) is 5.43 Å². The lowest BCUT2D eigenvalue weighted by Gasteiger charge is -1.99. The van der Waals surface area contributed by atoms with E-state index >= 15 is 0 Å². The number of nitrogens with zero attached hydrogens (tertiary/aromatic N) is 1. The van der Waals surface area contributed by atoms with E-state index in [1.54, 1.807) is 6.92 Å². The lowest BCUT2D eigenvalue weighted by Crippen LogP contribution is -2.21. The van der Waals surface area contributed by atoms with Crippen molar-refractivity contribution < 1.29 is 9.18 Å². The van der Waals surface area contributed by atoms with Gasteiger partial charge in [-0.1, -0.05) is 0 Å². The predicted molar refractivity (Wildman–Crippen MR) is 51.2 cm³/mol. The normalized spacial score (nSPS) is 11.1. The van der Waals surface area contributed by atoms with E-state index < -0.39 is 5.91 Å². The standard InChI is InChI=1S/C9H10FN3O/c1-6(11)12-13-9(14)7-2-4-8(10)5-3-7/h2-5H,1H3,(H2,11,12)(H,13,14). The van der Waals surface area contributed by atoms with E-state index in [2.05, 4.69) is 10.5 Å². The van der Waals surface area contributed by atoms with Crippen molar-refractivity contribution in [3.8, 4) is 0 Å². The number of halogens is 1. The summed E-state index contributed by atoms with van der Waals surface area (Å²) in [6, 6.07) is 5.14. The first-order valence-corrected chi connectivity index (χ1v) is 3.95. The molecule has 0 aliphatic heterocycles. The minimum atomic E-state index is -0.421. The summed E-state index contributed by atoms with van der Waals surface area (Å²) in [7, 11) is 0. The van der Waals surface area contributed by atoms with Crippen molar-refractivity contribution in [3.05, 3.63) is 35.6 Å². The molecule has 0 atom stereocenters. The van der Waals surface area contributed by atoms with Crippen LogP contribution in [-0.4, -0.2) is 11.7 Å². The molecule has 0 aromatic heterocycles. The third kappa shape index (κ3) is 2.85. The number of carbonyl (C=O) groups excluding carboxylic acids is 1. The van der Waals surface area contributed by atoms with E-state index in [-0.39, 0.29) is 11.7 Å². The number of nitrogens with two attached hydrogens (primary N) is 1. The number of hydrogen-bond donors (Lipinski definition) is 2. The van der Waals surface area contributed by atoms with Gasteiger partial charge in [-0.3, -0.25) is 4.79 Å². The minimum absolute atomic E-state index is 0.250. The molecule has 0 aliphatic carbocycles. The molecule has 3 N–H and O–H groups in total. The molecular formula is C9H10FN3O. The summed E-state index contributed by atoms with van der Waals surface area (Å²) in [6.07, 6.45) is 0. The zero-order valence-electron chi connectivity index (χ0n) is 7.62. The van der Waals surface area contributed by atoms with Crippen LogP contribution >= 0.6 is 0 Å². The van der Waals surface area contributed by atoms with Crippen molar-refractivity contribution in [2.24, 2.45) is 10.8 Å². The number of amidine groups is 1. The highest BCUT2D eigenvalue weighted by atomic mass is 19.1. The van der Waals surface area contributed by atoms with Gasteiger partial charge in [0.1, 0.15) is 11.7 Å². The maximum atomic E-state index is 12.5. The Labute approximate surface area is 80.6 Å². The van der Waals surface area contributed by atoms with E-state index in [1.807, 2.05) is 0 Å². The number of benzene rings is 1. The Morgan fingerprint density at radius 3 is 2.50 bits per heavy atom. The van der Waals surface area contributed by atoms with Crippen LogP contribution in [0, 0.1) is 5.82 Å². The van der Waals surface area contributed by atoms with Crippen molar-refractivity contribution in [3.63, 3.8) is 0 Å². The third-order valence-corrected chi connectivity index (χ3v) is 1.44. The number of nitrogens with one attached hydrogen (secondary N) is 1. The number of carbonyl (C=O) groups is 1. The van der Waals surface area contributed by atoms with Gasteiger partial charge in [-0.15, -0.1) is 0 Å². The highest BCUT2D eigenvalue weighted by molar-refractivity contribution is 5.94. The van der Waals surface area contributed by atoms with E-state index in [1.165, 1.54) is 24.3 Å². The van der Waals surface area contributed by atoms with Gasteiger partial charge >= 0.3 is 0 Å². The maximum absolute atomic E-state index is 12.5. The van der Waals surface area contributed by atoms with Crippen LogP contribution in [0.1, 0.15) is 17.3 Å². The largest absolute Gasteiger partial charge is 0.386 e. The molecule has 1 amide bonds. The van der Waals surface area contributed by atoms with Gasteiger partial charge in [-0.25, -0.2) is 9.82 Å². The van der Waals surface area contributed by atoms with Crippen LogP contribution < -0.4 is 11.2 Å². The van der Waals surface area contributed by atoms with Crippen LogP contribution in [0.15, 0.2) is 29.4 Å². The second kappa shape index (κ2) is 4.36. The van der Waals surface area contributed by atoms with Crippen molar-refractivity contribution in [2.45, 2.75) is 6.92 Å². The number of hydrazone groups is 1. The SMILES string of the molecule is C/C(N)=N/NC(=O)c1ccc(F)cc1. The molecule has 0 heterocycles. The zero-order valence-corrected chi connectivity index (χ0v) is 7.62. The van der Waals surface area contributed by atoms with Crippen LogP contribution in [0.25, 0.3) is 0 Å². The lowest BCUT2D eigenvalue weighted by atomic mass is 10.2. The highest BCUT2D eigenvalue weighted by Crippen LogP contribution is 2.01. The summed E-state index contributed by atoms with van der Waals surface area (Å²) in [5.41, 5.74) is 7.77. The molecular weight excluding hydrogens is 185 g/mol. The molecule has 0 radical (unpaired) electrons. The molecule has 0 aliphatic rings. The average Bonchev–Trinajstić information content (AvgIpc) is 2.15. The van der Waals surface area contributed by atoms with Gasteiger partial charge < -0.3 is 5.73 Å². The topological polar surface area (TPSA) is 67.5 Å². The van der Waals surface area contributed by atoms with Gasteiger partial charge in [0.05, 0.1) is 0 Å². The molecule has 0 unspecified atom stereocenters. The van der Waals surface area contributed by atoms with E-state index in [0.717, 1.165) is 0 Å². The Hall–Kier alpha value is -1.91. The second-order valence-corrected chi connectivity index (χ2v) is 2.70. The number of amides is 1. The van der Waals surface area contributed by atoms with Crippen LogP contribution in [0.4, 0.5) is 4.39 Å². The molecule has 0 saturated heterocycles. The summed E-state index contributed by atoms with van der Waals surface area (Å²) >= 11 is 0. The summed E-state index contributed by atoms with van der Waals surface area (Å²) in [6.45, 7) is 1.55. The first kappa shape index (κ1) is 10.2. The molecule has 74 valence electrons. The van der Waals surface area contributed by atoms with E-state index in [4.69, 9.17) is 5.73 Å². The molecule has 0 bridgehead atoms. The van der Waals surface area contributed by atoms with Gasteiger partial charge in [0, 0.05) is 5.56 Å². The molecule has 1 rings (SSSR count). The van der Waals surface area contributed by atoms with Gasteiger partial charge in [0.2, 0.25) is 0 Å². The Kier molecular flexibility index (Phi) is 3.17. The van der Waals surface area contributed by atoms with E-state index in [0.29, 0.717) is 5.56 Å². The van der Waals surface area contributed by atoms with E-state index in [9.17, 15) is 9.18 Å². The van der Waals surface area contributed by atoms with Gasteiger partial charge in [-0.05, 0) is 31.2 Å². The van der Waals surface area contributed by atoms with Crippen LogP contribution in [0.3, 0.4) is 0 Å². The highest BCUT2D eigenvalue weighted by Gasteiger charge is 2.03. The first-order chi connectivity index (χ1) is 6.59. The zero-order chi connectivity index (χ0) is 10.6. The molecule has 5 heteroatoms. The second-order valence-electron chi connectivity index (χ2n) is 2.70. The third-order valence-electron chi connectivity index (χ3n) is 1.44. The van der Waals surface area contributed by atoms with Crippen LogP contribution in [0.5, 0.6) is 0 Å². The first-order valence-electron chi connectivity index (χ1n) is 3.95. The van der Waals surface area contributed by atoms with Gasteiger partial charge in [0.15, 0.2) is 0 Å². The molecule has 0 saturated carbocycles. The summed E-state index contributed by atoms with van der Waals surface area (Å²) < 4.78 is 12.5. The molecule has 1 aromatic rings. The maximum Gasteiger partial charge on any atom is 0.271 e. The Balaban J connectivity index is 2.70. The van der Waals surface area contributed by atoms with Gasteiger partial charge in [-0.2, -0.15) is 5.10 Å². The fourth-order valence-electron chi connectivity index (χ4n) is 0.805. The fraction of sp³-hybridized carbons (Fsp3) is 0.111. The molecule has 14 heavy (non-hydrogen) atoms. The monoisotopic (exact) mass is 195 g/mol. The fourth-order valence-corrected chi connectivity index (χ4v) is 0.805. The Bertz CT molecular complexity index is 355. The summed E-state index contributed by atoms with van der Waals surface area (Å²) in [4.78, 5) is 11.3. The van der Waals surface area contributed by atoms with Crippen molar-refractivity contribution in [1.29, 1.82) is 0 Å². The lowest BCUT2D eigenvalue weighted by molar-refractivity contribution is 0.0954. The van der Waals surface area contributed by atoms with Crippen molar-refractivity contribution in [2.75, 3.05) is 0 Å². The summed E-state index contributed by atoms with van der Waals surface area (Å²) in [5.74, 6) is -0.560. The molecule has 4 nitrogen and oxygen atoms in total. The smallest absolute Gasteiger partial charge is 0.271 e. The minimum Gasteiger partial charge on any atom is -0.386 e. The van der Waals surface area contributed by atoms with Crippen LogP contribution in [-0.2, 0) is 0 Å². The Morgan fingerprint density at radius 1 is 1.43 bits per heavy atom. The number of hydrogen-bond acceptors (Lipinski definition) is 2. The van der Waals surface area contributed by atoms with Crippen LogP contribution in [0.2, 0.25) is 0 Å². The average molecular weight is 195 g/mol. The summed E-state index contributed by atoms with van der Waals surface area (Å²) in [5, 5.41) is 3.52.